The Morgan fingerprint density at radius 2 is 0.873 bits per heavy atom. The molecule has 11 rings (SSSR count). The van der Waals surface area contributed by atoms with E-state index in [1.54, 1.807) is 0 Å². The van der Waals surface area contributed by atoms with Crippen molar-refractivity contribution >= 4 is 71.7 Å². The van der Waals surface area contributed by atoms with Crippen molar-refractivity contribution in [2.45, 2.75) is 0 Å². The molecule has 0 bridgehead atoms. The number of para-hydroxylation sites is 3. The van der Waals surface area contributed by atoms with Crippen LogP contribution < -0.4 is 4.90 Å². The first-order valence-corrected chi connectivity index (χ1v) is 18.7. The molecular weight excluding hydrogens is 671 g/mol. The van der Waals surface area contributed by atoms with E-state index in [-0.39, 0.29) is 0 Å². The van der Waals surface area contributed by atoms with Crippen LogP contribution in [0.2, 0.25) is 0 Å². The highest BCUT2D eigenvalue weighted by molar-refractivity contribution is 6.20. The topological polar surface area (TPSA) is 29.5 Å². The Hall–Kier alpha value is -7.36. The van der Waals surface area contributed by atoms with Gasteiger partial charge in [-0.2, -0.15) is 0 Å². The second-order valence-corrected chi connectivity index (χ2v) is 14.1. The molecule has 11 aromatic rings. The van der Waals surface area contributed by atoms with Gasteiger partial charge in [0.15, 0.2) is 0 Å². The van der Waals surface area contributed by atoms with Gasteiger partial charge in [-0.15, -0.1) is 0 Å². The van der Waals surface area contributed by atoms with Crippen molar-refractivity contribution in [3.05, 3.63) is 200 Å². The van der Waals surface area contributed by atoms with Crippen molar-refractivity contribution in [3.63, 3.8) is 0 Å². The quantitative estimate of drug-likeness (QED) is 0.173. The SMILES string of the molecule is c1ccc(-c2ccc(N(c3ccc(-c4cccc5c4oc4ccc6ccccc6c45)cc3)c3cccc(-c4cccc5c4oc4ccccc45)c3)cc2)cc1. The van der Waals surface area contributed by atoms with Crippen molar-refractivity contribution in [2.24, 2.45) is 0 Å². The summed E-state index contributed by atoms with van der Waals surface area (Å²) in [6.45, 7) is 0. The first-order valence-electron chi connectivity index (χ1n) is 18.7. The highest BCUT2D eigenvalue weighted by Gasteiger charge is 2.18. The number of hydrogen-bond donors (Lipinski definition) is 0. The summed E-state index contributed by atoms with van der Waals surface area (Å²) in [4.78, 5) is 2.33. The highest BCUT2D eigenvalue weighted by atomic mass is 16.3. The van der Waals surface area contributed by atoms with Crippen molar-refractivity contribution in [1.82, 2.24) is 0 Å². The lowest BCUT2D eigenvalue weighted by Gasteiger charge is -2.26. The lowest BCUT2D eigenvalue weighted by molar-refractivity contribution is 0.669. The molecule has 2 aromatic heterocycles. The average molecular weight is 704 g/mol. The van der Waals surface area contributed by atoms with Gasteiger partial charge in [0.2, 0.25) is 0 Å². The number of fused-ring (bicyclic) bond motifs is 8. The molecule has 0 radical (unpaired) electrons. The van der Waals surface area contributed by atoms with E-state index in [2.05, 4.69) is 193 Å². The molecule has 0 amide bonds. The minimum absolute atomic E-state index is 0.896. The normalized spacial score (nSPS) is 11.6. The number of rotatable bonds is 6. The third-order valence-electron chi connectivity index (χ3n) is 10.9. The second-order valence-electron chi connectivity index (χ2n) is 14.1. The van der Waals surface area contributed by atoms with Crippen LogP contribution in [0.3, 0.4) is 0 Å². The van der Waals surface area contributed by atoms with Gasteiger partial charge in [0.1, 0.15) is 22.3 Å². The molecule has 0 aliphatic rings. The summed E-state index contributed by atoms with van der Waals surface area (Å²) in [6, 6.07) is 70.8. The zero-order valence-electron chi connectivity index (χ0n) is 29.8. The van der Waals surface area contributed by atoms with E-state index in [0.717, 1.165) is 83.2 Å². The molecule has 0 aliphatic carbocycles. The Kier molecular flexibility index (Phi) is 7.17. The van der Waals surface area contributed by atoms with E-state index in [1.807, 2.05) is 12.1 Å². The summed E-state index contributed by atoms with van der Waals surface area (Å²) in [5.41, 5.74) is 13.5. The maximum Gasteiger partial charge on any atom is 0.143 e. The van der Waals surface area contributed by atoms with E-state index >= 15 is 0 Å². The van der Waals surface area contributed by atoms with Crippen LogP contribution in [-0.4, -0.2) is 0 Å². The molecule has 9 aromatic carbocycles. The minimum Gasteiger partial charge on any atom is -0.455 e. The molecule has 0 saturated heterocycles. The molecule has 0 spiro atoms. The predicted molar refractivity (Wildman–Crippen MR) is 229 cm³/mol. The fraction of sp³-hybridized carbons (Fsp3) is 0. The van der Waals surface area contributed by atoms with Crippen LogP contribution in [0.5, 0.6) is 0 Å². The summed E-state index contributed by atoms with van der Waals surface area (Å²) in [7, 11) is 0. The van der Waals surface area contributed by atoms with Crippen LogP contribution in [0.15, 0.2) is 209 Å². The van der Waals surface area contributed by atoms with Gasteiger partial charge in [0.05, 0.1) is 0 Å². The zero-order chi connectivity index (χ0) is 36.3. The molecule has 0 N–H and O–H groups in total. The summed E-state index contributed by atoms with van der Waals surface area (Å²) >= 11 is 0. The number of anilines is 3. The van der Waals surface area contributed by atoms with E-state index in [1.165, 1.54) is 21.9 Å². The molecule has 55 heavy (non-hydrogen) atoms. The van der Waals surface area contributed by atoms with Gasteiger partial charge in [-0.3, -0.25) is 0 Å². The first kappa shape index (κ1) is 31.2. The Labute approximate surface area is 317 Å². The summed E-state index contributed by atoms with van der Waals surface area (Å²) < 4.78 is 13.1. The smallest absolute Gasteiger partial charge is 0.143 e. The molecule has 2 heterocycles. The van der Waals surface area contributed by atoms with Crippen molar-refractivity contribution < 1.29 is 8.83 Å². The van der Waals surface area contributed by atoms with Gasteiger partial charge in [-0.25, -0.2) is 0 Å². The van der Waals surface area contributed by atoms with Crippen LogP contribution in [0.1, 0.15) is 0 Å². The lowest BCUT2D eigenvalue weighted by atomic mass is 9.99. The number of benzene rings is 9. The number of hydrogen-bond acceptors (Lipinski definition) is 3. The van der Waals surface area contributed by atoms with Gasteiger partial charge in [-0.05, 0) is 81.6 Å². The average Bonchev–Trinajstić information content (AvgIpc) is 3.84. The monoisotopic (exact) mass is 703 g/mol. The standard InChI is InChI=1S/C52H33NO2/c1-2-11-34(12-3-1)35-23-28-39(29-24-35)53(41-15-8-14-38(33-41)44-19-9-20-46-45-17-6-7-22-48(45)54-51(44)46)40-30-25-37(26-31-40)43-18-10-21-47-50-42-16-5-4-13-36(42)27-32-49(50)55-52(43)47/h1-33H. The summed E-state index contributed by atoms with van der Waals surface area (Å²) in [5.74, 6) is 0. The van der Waals surface area contributed by atoms with Crippen molar-refractivity contribution in [1.29, 1.82) is 0 Å². The fourth-order valence-electron chi connectivity index (χ4n) is 8.25. The largest absolute Gasteiger partial charge is 0.455 e. The van der Waals surface area contributed by atoms with E-state index < -0.39 is 0 Å². The van der Waals surface area contributed by atoms with Crippen molar-refractivity contribution in [2.75, 3.05) is 4.90 Å². The lowest BCUT2D eigenvalue weighted by Crippen LogP contribution is -2.10. The summed E-state index contributed by atoms with van der Waals surface area (Å²) in [6.07, 6.45) is 0. The van der Waals surface area contributed by atoms with Crippen LogP contribution in [-0.2, 0) is 0 Å². The molecule has 3 nitrogen and oxygen atoms in total. The molecular formula is C52H33NO2. The highest BCUT2D eigenvalue weighted by Crippen LogP contribution is 2.43. The Morgan fingerprint density at radius 3 is 1.67 bits per heavy atom. The van der Waals surface area contributed by atoms with Crippen LogP contribution in [0, 0.1) is 0 Å². The Bertz CT molecular complexity index is 3190. The first-order chi connectivity index (χ1) is 27.3. The van der Waals surface area contributed by atoms with Gasteiger partial charge in [0.25, 0.3) is 0 Å². The summed E-state index contributed by atoms with van der Waals surface area (Å²) in [5, 5.41) is 6.96. The molecule has 0 fully saturated rings. The molecule has 0 unspecified atom stereocenters. The predicted octanol–water partition coefficient (Wildman–Crippen LogP) is 15.1. The third kappa shape index (κ3) is 5.20. The van der Waals surface area contributed by atoms with Gasteiger partial charge in [0, 0.05) is 49.7 Å². The van der Waals surface area contributed by atoms with E-state index in [0.29, 0.717) is 0 Å². The van der Waals surface area contributed by atoms with Gasteiger partial charge < -0.3 is 13.7 Å². The second kappa shape index (κ2) is 12.6. The Morgan fingerprint density at radius 1 is 0.309 bits per heavy atom. The molecule has 258 valence electrons. The van der Waals surface area contributed by atoms with Crippen LogP contribution >= 0.6 is 0 Å². The molecule has 0 saturated carbocycles. The van der Waals surface area contributed by atoms with Gasteiger partial charge >= 0.3 is 0 Å². The Balaban J connectivity index is 1.03. The van der Waals surface area contributed by atoms with E-state index in [4.69, 9.17) is 8.83 Å². The molecule has 0 atom stereocenters. The van der Waals surface area contributed by atoms with Gasteiger partial charge in [-0.1, -0.05) is 152 Å². The number of nitrogens with zero attached hydrogens (tertiary/aromatic N) is 1. The minimum atomic E-state index is 0.896. The fourth-order valence-corrected chi connectivity index (χ4v) is 8.25. The molecule has 0 aliphatic heterocycles. The maximum atomic E-state index is 6.60. The zero-order valence-corrected chi connectivity index (χ0v) is 29.8. The van der Waals surface area contributed by atoms with Crippen LogP contribution in [0.25, 0.3) is 88.0 Å². The molecule has 3 heteroatoms. The maximum absolute atomic E-state index is 6.60. The van der Waals surface area contributed by atoms with E-state index in [9.17, 15) is 0 Å². The third-order valence-corrected chi connectivity index (χ3v) is 10.9. The number of furan rings is 2. The van der Waals surface area contributed by atoms with Crippen LogP contribution in [0.4, 0.5) is 17.1 Å². The van der Waals surface area contributed by atoms with Crippen molar-refractivity contribution in [3.8, 4) is 33.4 Å².